The lowest BCUT2D eigenvalue weighted by Gasteiger charge is -2.12. The lowest BCUT2D eigenvalue weighted by Crippen LogP contribution is -2.39. The number of nitrogens with zero attached hydrogens (tertiary/aromatic N) is 1. The third kappa shape index (κ3) is 4.31. The van der Waals surface area contributed by atoms with Gasteiger partial charge in [0.25, 0.3) is 10.2 Å². The molecule has 0 amide bonds. The molecular weight excluding hydrogens is 168 g/mol. The number of hydrogen-bond acceptors (Lipinski definition) is 3. The van der Waals surface area contributed by atoms with Gasteiger partial charge in [-0.15, -0.1) is 0 Å². The van der Waals surface area contributed by atoms with E-state index >= 15 is 0 Å². The normalized spacial score (nSPS) is 15.4. The molecule has 0 saturated heterocycles. The van der Waals surface area contributed by atoms with Crippen LogP contribution in [0.1, 0.15) is 6.92 Å². The average molecular weight is 182 g/mol. The van der Waals surface area contributed by atoms with Gasteiger partial charge in [0.15, 0.2) is 0 Å². The van der Waals surface area contributed by atoms with Crippen molar-refractivity contribution < 1.29 is 13.5 Å². The van der Waals surface area contributed by atoms with Gasteiger partial charge in [0.1, 0.15) is 0 Å². The SMILES string of the molecule is CC(O)CNS(=O)(=O)N(C)C. The van der Waals surface area contributed by atoms with Crippen molar-refractivity contribution in [3.8, 4) is 0 Å². The van der Waals surface area contributed by atoms with Gasteiger partial charge in [-0.05, 0) is 6.92 Å². The Morgan fingerprint density at radius 2 is 2.00 bits per heavy atom. The van der Waals surface area contributed by atoms with Crippen molar-refractivity contribution in [1.29, 1.82) is 0 Å². The summed E-state index contributed by atoms with van der Waals surface area (Å²) in [5, 5.41) is 8.75. The summed E-state index contributed by atoms with van der Waals surface area (Å²) >= 11 is 0. The predicted molar refractivity (Wildman–Crippen MR) is 42.3 cm³/mol. The first-order valence-electron chi connectivity index (χ1n) is 3.21. The summed E-state index contributed by atoms with van der Waals surface area (Å²) in [6.07, 6.45) is -0.662. The van der Waals surface area contributed by atoms with Gasteiger partial charge in [-0.3, -0.25) is 0 Å². The zero-order valence-corrected chi connectivity index (χ0v) is 7.72. The first-order chi connectivity index (χ1) is 4.86. The van der Waals surface area contributed by atoms with Crippen LogP contribution in [-0.4, -0.2) is 44.6 Å². The van der Waals surface area contributed by atoms with E-state index in [1.54, 1.807) is 0 Å². The molecule has 0 fully saturated rings. The third-order valence-electron chi connectivity index (χ3n) is 1.04. The smallest absolute Gasteiger partial charge is 0.279 e. The zero-order valence-electron chi connectivity index (χ0n) is 6.90. The van der Waals surface area contributed by atoms with E-state index in [4.69, 9.17) is 5.11 Å². The summed E-state index contributed by atoms with van der Waals surface area (Å²) < 4.78 is 25.1. The highest BCUT2D eigenvalue weighted by Gasteiger charge is 2.12. The minimum Gasteiger partial charge on any atom is -0.392 e. The lowest BCUT2D eigenvalue weighted by atomic mass is 10.4. The van der Waals surface area contributed by atoms with Crippen LogP contribution in [0.4, 0.5) is 0 Å². The molecule has 2 N–H and O–H groups in total. The minimum absolute atomic E-state index is 0.0422. The van der Waals surface area contributed by atoms with E-state index in [-0.39, 0.29) is 6.54 Å². The highest BCUT2D eigenvalue weighted by molar-refractivity contribution is 7.87. The summed E-state index contributed by atoms with van der Waals surface area (Å²) in [4.78, 5) is 0. The largest absolute Gasteiger partial charge is 0.392 e. The van der Waals surface area contributed by atoms with Gasteiger partial charge in [0.2, 0.25) is 0 Å². The van der Waals surface area contributed by atoms with Crippen molar-refractivity contribution in [1.82, 2.24) is 9.03 Å². The molecule has 6 heteroatoms. The molecule has 68 valence electrons. The first-order valence-corrected chi connectivity index (χ1v) is 4.65. The van der Waals surface area contributed by atoms with Crippen LogP contribution in [0.25, 0.3) is 0 Å². The molecule has 1 atom stereocenters. The molecule has 0 rings (SSSR count). The molecule has 0 bridgehead atoms. The predicted octanol–water partition coefficient (Wildman–Crippen LogP) is -1.24. The lowest BCUT2D eigenvalue weighted by molar-refractivity contribution is 0.198. The quantitative estimate of drug-likeness (QED) is 0.571. The second-order valence-electron chi connectivity index (χ2n) is 2.48. The fraction of sp³-hybridized carbons (Fsp3) is 1.00. The number of aliphatic hydroxyl groups excluding tert-OH is 1. The van der Waals surface area contributed by atoms with E-state index in [9.17, 15) is 8.42 Å². The molecule has 11 heavy (non-hydrogen) atoms. The van der Waals surface area contributed by atoms with E-state index in [1.807, 2.05) is 0 Å². The van der Waals surface area contributed by atoms with E-state index < -0.39 is 16.3 Å². The molecule has 0 aromatic carbocycles. The van der Waals surface area contributed by atoms with Gasteiger partial charge in [0.05, 0.1) is 6.10 Å². The standard InChI is InChI=1S/C5H14N2O3S/c1-5(8)4-6-11(9,10)7(2)3/h5-6,8H,4H2,1-3H3. The van der Waals surface area contributed by atoms with Crippen molar-refractivity contribution in [2.24, 2.45) is 0 Å². The van der Waals surface area contributed by atoms with Gasteiger partial charge in [0, 0.05) is 20.6 Å². The van der Waals surface area contributed by atoms with E-state index in [2.05, 4.69) is 4.72 Å². The molecule has 1 unspecified atom stereocenters. The van der Waals surface area contributed by atoms with Crippen LogP contribution >= 0.6 is 0 Å². The van der Waals surface area contributed by atoms with Crippen molar-refractivity contribution in [2.75, 3.05) is 20.6 Å². The van der Waals surface area contributed by atoms with Crippen molar-refractivity contribution in [3.63, 3.8) is 0 Å². The molecule has 0 aromatic heterocycles. The van der Waals surface area contributed by atoms with Gasteiger partial charge in [-0.2, -0.15) is 17.4 Å². The maximum Gasteiger partial charge on any atom is 0.279 e. The number of rotatable bonds is 4. The van der Waals surface area contributed by atoms with Crippen LogP contribution in [-0.2, 0) is 10.2 Å². The van der Waals surface area contributed by atoms with Crippen LogP contribution in [0.5, 0.6) is 0 Å². The maximum atomic E-state index is 10.9. The van der Waals surface area contributed by atoms with Gasteiger partial charge in [-0.25, -0.2) is 0 Å². The van der Waals surface area contributed by atoms with Crippen molar-refractivity contribution >= 4 is 10.2 Å². The van der Waals surface area contributed by atoms with Crippen molar-refractivity contribution in [3.05, 3.63) is 0 Å². The molecule has 0 aliphatic rings. The van der Waals surface area contributed by atoms with Crippen molar-refractivity contribution in [2.45, 2.75) is 13.0 Å². The number of hydrogen-bond donors (Lipinski definition) is 2. The van der Waals surface area contributed by atoms with Crippen LogP contribution in [0.15, 0.2) is 0 Å². The Hall–Kier alpha value is -0.170. The number of nitrogens with one attached hydrogen (secondary N) is 1. The summed E-state index contributed by atoms with van der Waals surface area (Å²) in [5.41, 5.74) is 0. The maximum absolute atomic E-state index is 10.9. The second-order valence-corrected chi connectivity index (χ2v) is 4.45. The molecule has 0 aromatic rings. The minimum atomic E-state index is -3.37. The highest BCUT2D eigenvalue weighted by atomic mass is 32.2. The molecular formula is C5H14N2O3S. The molecule has 5 nitrogen and oxygen atoms in total. The second kappa shape index (κ2) is 4.01. The summed E-state index contributed by atoms with van der Waals surface area (Å²) in [6.45, 7) is 1.55. The molecule has 0 heterocycles. The Morgan fingerprint density at radius 1 is 1.55 bits per heavy atom. The fourth-order valence-electron chi connectivity index (χ4n) is 0.355. The van der Waals surface area contributed by atoms with E-state index in [0.29, 0.717) is 0 Å². The molecule has 0 spiro atoms. The summed E-state index contributed by atoms with van der Waals surface area (Å²) in [7, 11) is -0.528. The molecule has 0 aliphatic carbocycles. The average Bonchev–Trinajstić information content (AvgIpc) is 1.84. The third-order valence-corrected chi connectivity index (χ3v) is 2.53. The van der Waals surface area contributed by atoms with E-state index in [1.165, 1.54) is 21.0 Å². The molecule has 0 saturated carbocycles. The Kier molecular flexibility index (Phi) is 3.95. The van der Waals surface area contributed by atoms with Gasteiger partial charge in [-0.1, -0.05) is 0 Å². The Balaban J connectivity index is 3.95. The Bertz CT molecular complexity index is 198. The number of aliphatic hydroxyl groups is 1. The van der Waals surface area contributed by atoms with Crippen LogP contribution < -0.4 is 4.72 Å². The first kappa shape index (κ1) is 10.8. The highest BCUT2D eigenvalue weighted by Crippen LogP contribution is 1.87. The van der Waals surface area contributed by atoms with Crippen LogP contribution in [0.3, 0.4) is 0 Å². The fourth-order valence-corrected chi connectivity index (χ4v) is 1.07. The topological polar surface area (TPSA) is 69.6 Å². The summed E-state index contributed by atoms with van der Waals surface area (Å²) in [6, 6.07) is 0. The van der Waals surface area contributed by atoms with Gasteiger partial charge >= 0.3 is 0 Å². The molecule has 0 aliphatic heterocycles. The molecule has 0 radical (unpaired) electrons. The summed E-state index contributed by atoms with van der Waals surface area (Å²) in [5.74, 6) is 0. The van der Waals surface area contributed by atoms with Crippen LogP contribution in [0.2, 0.25) is 0 Å². The Labute approximate surface area is 67.2 Å². The zero-order chi connectivity index (χ0) is 9.07. The monoisotopic (exact) mass is 182 g/mol. The van der Waals surface area contributed by atoms with E-state index in [0.717, 1.165) is 4.31 Å². The van der Waals surface area contributed by atoms with Gasteiger partial charge < -0.3 is 5.11 Å². The Morgan fingerprint density at radius 3 is 2.27 bits per heavy atom. The van der Waals surface area contributed by atoms with Crippen LogP contribution in [0, 0.1) is 0 Å².